The molecule has 0 radical (unpaired) electrons. The van der Waals surface area contributed by atoms with E-state index in [1.54, 1.807) is 31.2 Å². The standard InChI is InChI=1S/C12H10N2O3/c1-9(13-12-6-3-7-17-12)10-4-2-5-11(8-10)14(15)16/h2-8H,1H3/b13-9-. The number of nitro groups is 1. The molecular weight excluding hydrogens is 220 g/mol. The Morgan fingerprint density at radius 1 is 1.35 bits per heavy atom. The number of nitro benzene ring substituents is 1. The van der Waals surface area contributed by atoms with E-state index in [4.69, 9.17) is 4.42 Å². The summed E-state index contributed by atoms with van der Waals surface area (Å²) < 4.78 is 5.08. The molecule has 0 bridgehead atoms. The molecular formula is C12H10N2O3. The fraction of sp³-hybridized carbons (Fsp3) is 0.0833. The third kappa shape index (κ3) is 2.57. The summed E-state index contributed by atoms with van der Waals surface area (Å²) >= 11 is 0. The number of furan rings is 1. The van der Waals surface area contributed by atoms with E-state index in [0.717, 1.165) is 0 Å². The summed E-state index contributed by atoms with van der Waals surface area (Å²) in [6.45, 7) is 1.78. The Bertz CT molecular complexity index is 559. The third-order valence-electron chi connectivity index (χ3n) is 2.26. The van der Waals surface area contributed by atoms with Gasteiger partial charge in [-0.3, -0.25) is 10.1 Å². The lowest BCUT2D eigenvalue weighted by molar-refractivity contribution is -0.384. The van der Waals surface area contributed by atoms with E-state index in [1.807, 2.05) is 0 Å². The molecule has 5 nitrogen and oxygen atoms in total. The van der Waals surface area contributed by atoms with E-state index in [-0.39, 0.29) is 5.69 Å². The summed E-state index contributed by atoms with van der Waals surface area (Å²) in [7, 11) is 0. The van der Waals surface area contributed by atoms with Crippen LogP contribution < -0.4 is 0 Å². The molecule has 2 rings (SSSR count). The van der Waals surface area contributed by atoms with Crippen LogP contribution in [0.4, 0.5) is 11.6 Å². The molecule has 0 atom stereocenters. The third-order valence-corrected chi connectivity index (χ3v) is 2.26. The molecule has 17 heavy (non-hydrogen) atoms. The maximum Gasteiger partial charge on any atom is 0.270 e. The van der Waals surface area contributed by atoms with Crippen LogP contribution in [0.25, 0.3) is 0 Å². The number of aliphatic imine (C=N–C) groups is 1. The van der Waals surface area contributed by atoms with E-state index in [1.165, 1.54) is 18.4 Å². The van der Waals surface area contributed by atoms with Crippen molar-refractivity contribution in [1.82, 2.24) is 0 Å². The summed E-state index contributed by atoms with van der Waals surface area (Å²) in [5.74, 6) is 0.481. The average molecular weight is 230 g/mol. The van der Waals surface area contributed by atoms with Crippen LogP contribution in [0, 0.1) is 10.1 Å². The van der Waals surface area contributed by atoms with Crippen molar-refractivity contribution < 1.29 is 9.34 Å². The highest BCUT2D eigenvalue weighted by molar-refractivity contribution is 6.00. The van der Waals surface area contributed by atoms with Crippen molar-refractivity contribution in [3.8, 4) is 0 Å². The minimum atomic E-state index is -0.427. The van der Waals surface area contributed by atoms with E-state index < -0.39 is 4.92 Å². The second-order valence-corrected chi connectivity index (χ2v) is 3.46. The van der Waals surface area contributed by atoms with Crippen molar-refractivity contribution in [3.05, 3.63) is 58.3 Å². The zero-order valence-electron chi connectivity index (χ0n) is 9.16. The first-order valence-electron chi connectivity index (χ1n) is 5.00. The first-order valence-corrected chi connectivity index (χ1v) is 5.00. The molecule has 2 aromatic rings. The van der Waals surface area contributed by atoms with Crippen LogP contribution >= 0.6 is 0 Å². The van der Waals surface area contributed by atoms with Crippen LogP contribution in [0.15, 0.2) is 52.1 Å². The van der Waals surface area contributed by atoms with Gasteiger partial charge in [0, 0.05) is 29.5 Å². The molecule has 0 amide bonds. The molecule has 0 spiro atoms. The molecule has 0 N–H and O–H groups in total. The summed E-state index contributed by atoms with van der Waals surface area (Å²) in [5.41, 5.74) is 1.43. The molecule has 0 unspecified atom stereocenters. The minimum Gasteiger partial charge on any atom is -0.447 e. The van der Waals surface area contributed by atoms with Crippen LogP contribution in [-0.2, 0) is 0 Å². The first-order chi connectivity index (χ1) is 8.16. The highest BCUT2D eigenvalue weighted by Gasteiger charge is 2.07. The van der Waals surface area contributed by atoms with E-state index in [2.05, 4.69) is 4.99 Å². The molecule has 1 aromatic heterocycles. The first kappa shape index (κ1) is 11.1. The fourth-order valence-electron chi connectivity index (χ4n) is 1.41. The number of nitrogens with zero attached hydrogens (tertiary/aromatic N) is 2. The van der Waals surface area contributed by atoms with Crippen molar-refractivity contribution >= 4 is 17.3 Å². The van der Waals surface area contributed by atoms with Crippen LogP contribution in [0.1, 0.15) is 12.5 Å². The van der Waals surface area contributed by atoms with Crippen molar-refractivity contribution in [2.75, 3.05) is 0 Å². The number of rotatable bonds is 3. The van der Waals surface area contributed by atoms with Crippen molar-refractivity contribution in [3.63, 3.8) is 0 Å². The van der Waals surface area contributed by atoms with Crippen LogP contribution in [0.5, 0.6) is 0 Å². The number of hydrogen-bond acceptors (Lipinski definition) is 4. The topological polar surface area (TPSA) is 68.6 Å². The largest absolute Gasteiger partial charge is 0.447 e. The zero-order chi connectivity index (χ0) is 12.3. The van der Waals surface area contributed by atoms with Gasteiger partial charge in [-0.05, 0) is 13.0 Å². The van der Waals surface area contributed by atoms with E-state index in [9.17, 15) is 10.1 Å². The molecule has 0 aliphatic rings. The normalized spacial score (nSPS) is 11.5. The number of benzene rings is 1. The van der Waals surface area contributed by atoms with Gasteiger partial charge in [-0.15, -0.1) is 0 Å². The van der Waals surface area contributed by atoms with Gasteiger partial charge in [-0.1, -0.05) is 12.1 Å². The molecule has 0 fully saturated rings. The Morgan fingerprint density at radius 3 is 2.82 bits per heavy atom. The van der Waals surface area contributed by atoms with Gasteiger partial charge >= 0.3 is 0 Å². The predicted molar refractivity (Wildman–Crippen MR) is 63.7 cm³/mol. The maximum absolute atomic E-state index is 10.6. The van der Waals surface area contributed by atoms with Gasteiger partial charge in [0.2, 0.25) is 5.88 Å². The number of non-ortho nitro benzene ring substituents is 1. The average Bonchev–Trinajstić information content (AvgIpc) is 2.82. The predicted octanol–water partition coefficient (Wildman–Crippen LogP) is 3.33. The van der Waals surface area contributed by atoms with Gasteiger partial charge in [0.15, 0.2) is 0 Å². The van der Waals surface area contributed by atoms with E-state index in [0.29, 0.717) is 17.2 Å². The van der Waals surface area contributed by atoms with Crippen LogP contribution in [-0.4, -0.2) is 10.6 Å². The molecule has 0 saturated heterocycles. The maximum atomic E-state index is 10.6. The smallest absolute Gasteiger partial charge is 0.270 e. The molecule has 0 aliphatic carbocycles. The van der Waals surface area contributed by atoms with Gasteiger partial charge in [-0.2, -0.15) is 0 Å². The molecule has 1 heterocycles. The Balaban J connectivity index is 2.34. The quantitative estimate of drug-likeness (QED) is 0.461. The SMILES string of the molecule is C/C(=N/c1ccco1)c1cccc([N+](=O)[O-])c1. The Hall–Kier alpha value is -2.43. The lowest BCUT2D eigenvalue weighted by atomic mass is 10.1. The molecule has 1 aromatic carbocycles. The zero-order valence-corrected chi connectivity index (χ0v) is 9.16. The van der Waals surface area contributed by atoms with Crippen LogP contribution in [0.3, 0.4) is 0 Å². The molecule has 5 heteroatoms. The van der Waals surface area contributed by atoms with Crippen molar-refractivity contribution in [1.29, 1.82) is 0 Å². The van der Waals surface area contributed by atoms with Gasteiger partial charge in [0.05, 0.1) is 11.2 Å². The highest BCUT2D eigenvalue weighted by atomic mass is 16.6. The summed E-state index contributed by atoms with van der Waals surface area (Å²) in [6, 6.07) is 9.80. The Morgan fingerprint density at radius 2 is 2.18 bits per heavy atom. The van der Waals surface area contributed by atoms with Crippen LogP contribution in [0.2, 0.25) is 0 Å². The van der Waals surface area contributed by atoms with Crippen molar-refractivity contribution in [2.45, 2.75) is 6.92 Å². The highest BCUT2D eigenvalue weighted by Crippen LogP contribution is 2.17. The summed E-state index contributed by atoms with van der Waals surface area (Å²) in [6.07, 6.45) is 1.53. The number of hydrogen-bond donors (Lipinski definition) is 0. The summed E-state index contributed by atoms with van der Waals surface area (Å²) in [4.78, 5) is 14.4. The van der Waals surface area contributed by atoms with E-state index >= 15 is 0 Å². The molecule has 0 aliphatic heterocycles. The second-order valence-electron chi connectivity index (χ2n) is 3.46. The minimum absolute atomic E-state index is 0.0523. The second kappa shape index (κ2) is 4.61. The van der Waals surface area contributed by atoms with Gasteiger partial charge < -0.3 is 4.42 Å². The van der Waals surface area contributed by atoms with Crippen molar-refractivity contribution in [2.24, 2.45) is 4.99 Å². The fourth-order valence-corrected chi connectivity index (χ4v) is 1.41. The molecule has 0 saturated carbocycles. The van der Waals surface area contributed by atoms with Gasteiger partial charge in [0.1, 0.15) is 0 Å². The van der Waals surface area contributed by atoms with Gasteiger partial charge in [0.25, 0.3) is 5.69 Å². The lowest BCUT2D eigenvalue weighted by Gasteiger charge is -1.99. The monoisotopic (exact) mass is 230 g/mol. The summed E-state index contributed by atoms with van der Waals surface area (Å²) in [5, 5.41) is 10.6. The Labute approximate surface area is 97.6 Å². The lowest BCUT2D eigenvalue weighted by Crippen LogP contribution is -1.96. The van der Waals surface area contributed by atoms with Gasteiger partial charge in [-0.25, -0.2) is 4.99 Å². The molecule has 86 valence electrons. The Kier molecular flexibility index (Phi) is 3.00.